The summed E-state index contributed by atoms with van der Waals surface area (Å²) < 4.78 is 26.4. The fourth-order valence-corrected chi connectivity index (χ4v) is 4.14. The maximum atomic E-state index is 12.7. The lowest BCUT2D eigenvalue weighted by Crippen LogP contribution is -2.54. The third-order valence-electron chi connectivity index (χ3n) is 5.82. The zero-order valence-corrected chi connectivity index (χ0v) is 26.5. The maximum Gasteiger partial charge on any atom is 0.312 e. The second-order valence-corrected chi connectivity index (χ2v) is 10.8. The van der Waals surface area contributed by atoms with Gasteiger partial charge in [0.2, 0.25) is 17.7 Å². The van der Waals surface area contributed by atoms with Crippen LogP contribution in [0.4, 0.5) is 10.5 Å². The number of hydrogen-bond acceptors (Lipinski definition) is 9. The monoisotopic (exact) mass is 654 g/mol. The van der Waals surface area contributed by atoms with Crippen molar-refractivity contribution in [3.8, 4) is 0 Å². The van der Waals surface area contributed by atoms with Gasteiger partial charge in [-0.25, -0.2) is 9.00 Å². The van der Waals surface area contributed by atoms with E-state index in [1.807, 2.05) is 13.7 Å². The number of amides is 7. The molecule has 1 aliphatic heterocycles. The zero-order chi connectivity index (χ0) is 34.5. The third kappa shape index (κ3) is 15.7. The molecule has 2 rings (SSSR count). The van der Waals surface area contributed by atoms with Gasteiger partial charge in [0.25, 0.3) is 11.8 Å². The largest absolute Gasteiger partial charge is 0.380 e. The van der Waals surface area contributed by atoms with Crippen molar-refractivity contribution in [1.29, 1.82) is 0 Å². The number of anilines is 1. The molecule has 0 fully saturated rings. The lowest BCUT2D eigenvalue weighted by molar-refractivity contribution is -0.137. The van der Waals surface area contributed by atoms with Crippen LogP contribution in [0.2, 0.25) is 0 Å². The van der Waals surface area contributed by atoms with E-state index in [1.165, 1.54) is 0 Å². The average molecular weight is 655 g/mol. The molecule has 17 heteroatoms. The Labute approximate surface area is 264 Å². The van der Waals surface area contributed by atoms with Crippen molar-refractivity contribution in [2.24, 2.45) is 11.7 Å². The van der Waals surface area contributed by atoms with Crippen LogP contribution >= 0.6 is 0 Å². The molecular formula is C28H42N6O10S. The van der Waals surface area contributed by atoms with Crippen LogP contribution in [0, 0.1) is 5.92 Å². The standard InChI is InChI=1S/C23H30N4O8S.C4H10N2O.CH2O/c1-14(2)21(23(32)24-12-18(28)25-16-6-4-15(5-7-16)13-35-3)26-22(31)17(36(33)34)10-11-27-19(29)8-9-20(27)30;1-2-3-6-4(5)7;1-2/h4-9,14,17,21H,10-13H2,1-3H3,(H,24,32)(H,25,28)(H,26,31)(H,33,34);2-3H2,1H3,(H3,5,6,7);1H2. The molecule has 0 aliphatic carbocycles. The molecule has 7 N–H and O–H groups in total. The van der Waals surface area contributed by atoms with Crippen LogP contribution in [0.3, 0.4) is 0 Å². The van der Waals surface area contributed by atoms with Gasteiger partial charge < -0.3 is 41.1 Å². The van der Waals surface area contributed by atoms with Crippen LogP contribution in [0.1, 0.15) is 39.2 Å². The molecule has 250 valence electrons. The number of nitrogens with one attached hydrogen (secondary N) is 4. The predicted molar refractivity (Wildman–Crippen MR) is 166 cm³/mol. The number of hydrogen-bond donors (Lipinski definition) is 6. The topological polar surface area (TPSA) is 243 Å². The van der Waals surface area contributed by atoms with Gasteiger partial charge in [-0.05, 0) is 36.5 Å². The van der Waals surface area contributed by atoms with Gasteiger partial charge in [0, 0.05) is 38.0 Å². The smallest absolute Gasteiger partial charge is 0.312 e. The predicted octanol–water partition coefficient (Wildman–Crippen LogP) is -0.186. The van der Waals surface area contributed by atoms with Crippen molar-refractivity contribution in [3.63, 3.8) is 0 Å². The molecule has 1 aliphatic rings. The molecule has 16 nitrogen and oxygen atoms in total. The quantitative estimate of drug-likeness (QED) is 0.108. The minimum Gasteiger partial charge on any atom is -0.380 e. The molecule has 0 bridgehead atoms. The molecule has 1 heterocycles. The van der Waals surface area contributed by atoms with E-state index in [0.29, 0.717) is 18.8 Å². The minimum atomic E-state index is -2.62. The molecule has 1 aromatic rings. The number of imide groups is 1. The zero-order valence-electron chi connectivity index (χ0n) is 25.7. The summed E-state index contributed by atoms with van der Waals surface area (Å²) in [5.74, 6) is -3.60. The first-order valence-electron chi connectivity index (χ1n) is 13.7. The number of nitrogens with two attached hydrogens (primary N) is 1. The van der Waals surface area contributed by atoms with Gasteiger partial charge in [0.15, 0.2) is 11.1 Å². The summed E-state index contributed by atoms with van der Waals surface area (Å²) in [6.07, 6.45) is 2.80. The summed E-state index contributed by atoms with van der Waals surface area (Å²) in [5, 5.41) is 8.47. The summed E-state index contributed by atoms with van der Waals surface area (Å²) in [6, 6.07) is 5.42. The minimum absolute atomic E-state index is 0.236. The lowest BCUT2D eigenvalue weighted by Gasteiger charge is -2.24. The Morgan fingerprint density at radius 2 is 1.60 bits per heavy atom. The summed E-state index contributed by atoms with van der Waals surface area (Å²) in [7, 11) is 1.57. The van der Waals surface area contributed by atoms with Crippen molar-refractivity contribution in [3.05, 3.63) is 42.0 Å². The summed E-state index contributed by atoms with van der Waals surface area (Å²) in [4.78, 5) is 79.6. The van der Waals surface area contributed by atoms with Crippen molar-refractivity contribution in [2.75, 3.05) is 32.1 Å². The molecule has 0 radical (unpaired) electrons. The van der Waals surface area contributed by atoms with Gasteiger partial charge in [-0.3, -0.25) is 28.9 Å². The van der Waals surface area contributed by atoms with E-state index in [4.69, 9.17) is 15.3 Å². The normalized spacial score (nSPS) is 13.8. The molecular weight excluding hydrogens is 612 g/mol. The Kier molecular flexibility index (Phi) is 19.9. The fraction of sp³-hybridized carbons (Fsp3) is 0.464. The van der Waals surface area contributed by atoms with Crippen molar-refractivity contribution in [2.45, 2.75) is 51.5 Å². The third-order valence-corrected chi connectivity index (χ3v) is 6.76. The van der Waals surface area contributed by atoms with E-state index in [0.717, 1.165) is 29.0 Å². The molecule has 3 unspecified atom stereocenters. The molecule has 45 heavy (non-hydrogen) atoms. The highest BCUT2D eigenvalue weighted by molar-refractivity contribution is 7.80. The number of carbonyl (C=O) groups is 7. The summed E-state index contributed by atoms with van der Waals surface area (Å²) in [6.45, 7) is 7.79. The fourth-order valence-electron chi connectivity index (χ4n) is 3.58. The van der Waals surface area contributed by atoms with Gasteiger partial charge in [0.1, 0.15) is 18.1 Å². The van der Waals surface area contributed by atoms with E-state index < -0.39 is 63.9 Å². The van der Waals surface area contributed by atoms with E-state index >= 15 is 0 Å². The van der Waals surface area contributed by atoms with Gasteiger partial charge in [0.05, 0.1) is 13.2 Å². The maximum absolute atomic E-state index is 12.7. The van der Waals surface area contributed by atoms with E-state index in [2.05, 4.69) is 21.3 Å². The Morgan fingerprint density at radius 1 is 1.02 bits per heavy atom. The number of carbonyl (C=O) groups excluding carboxylic acids is 7. The SMILES string of the molecule is C=O.CCCNC(N)=O.COCc1ccc(NC(=O)CNC(=O)C(NC(=O)C(CCN2C(=O)C=CC2=O)S(=O)O)C(C)C)cc1. The second kappa shape index (κ2) is 22.1. The number of ether oxygens (including phenoxy) is 1. The molecule has 0 saturated heterocycles. The van der Waals surface area contributed by atoms with Crippen LogP contribution in [0.5, 0.6) is 0 Å². The average Bonchev–Trinajstić information content (AvgIpc) is 3.32. The van der Waals surface area contributed by atoms with Gasteiger partial charge >= 0.3 is 6.03 Å². The summed E-state index contributed by atoms with van der Waals surface area (Å²) in [5.41, 5.74) is 6.18. The van der Waals surface area contributed by atoms with E-state index in [1.54, 1.807) is 45.2 Å². The molecule has 1 aromatic carbocycles. The molecule has 3 atom stereocenters. The Balaban J connectivity index is 0.00000189. The van der Waals surface area contributed by atoms with Crippen molar-refractivity contribution < 1.29 is 47.1 Å². The van der Waals surface area contributed by atoms with Crippen LogP contribution in [0.15, 0.2) is 36.4 Å². The second-order valence-electron chi connectivity index (χ2n) is 9.63. The van der Waals surface area contributed by atoms with Crippen molar-refractivity contribution in [1.82, 2.24) is 20.9 Å². The summed E-state index contributed by atoms with van der Waals surface area (Å²) >= 11 is -2.62. The van der Waals surface area contributed by atoms with Crippen LogP contribution in [0.25, 0.3) is 0 Å². The van der Waals surface area contributed by atoms with Crippen molar-refractivity contribution >= 4 is 59.1 Å². The molecule has 7 amide bonds. The Hall–Kier alpha value is -4.48. The first-order chi connectivity index (χ1) is 21.3. The van der Waals surface area contributed by atoms with Gasteiger partial charge in [-0.15, -0.1) is 0 Å². The number of methoxy groups -OCH3 is 1. The number of benzene rings is 1. The number of nitrogens with zero attached hydrogens (tertiary/aromatic N) is 1. The Morgan fingerprint density at radius 3 is 2.04 bits per heavy atom. The van der Waals surface area contributed by atoms with Gasteiger partial charge in [-0.1, -0.05) is 32.9 Å². The van der Waals surface area contributed by atoms with Crippen LogP contribution in [-0.4, -0.2) is 94.1 Å². The lowest BCUT2D eigenvalue weighted by atomic mass is 10.0. The Bertz CT molecular complexity index is 1190. The first kappa shape index (κ1) is 40.5. The number of rotatable bonds is 15. The van der Waals surface area contributed by atoms with E-state index in [9.17, 15) is 37.5 Å². The van der Waals surface area contributed by atoms with Crippen LogP contribution in [-0.2, 0) is 51.2 Å². The first-order valence-corrected chi connectivity index (χ1v) is 14.9. The molecule has 0 saturated carbocycles. The number of urea groups is 1. The highest BCUT2D eigenvalue weighted by Crippen LogP contribution is 2.12. The van der Waals surface area contributed by atoms with Crippen LogP contribution < -0.4 is 27.0 Å². The molecule has 0 spiro atoms. The highest BCUT2D eigenvalue weighted by atomic mass is 32.2. The molecule has 0 aromatic heterocycles. The van der Waals surface area contributed by atoms with Gasteiger partial charge in [-0.2, -0.15) is 0 Å². The highest BCUT2D eigenvalue weighted by Gasteiger charge is 2.33. The number of primary amides is 1. The van der Waals surface area contributed by atoms with E-state index in [-0.39, 0.29) is 19.5 Å².